The fourth-order valence-electron chi connectivity index (χ4n) is 6.04. The lowest BCUT2D eigenvalue weighted by atomic mass is 9.83. The van der Waals surface area contributed by atoms with Gasteiger partial charge in [-0.1, -0.05) is 36.4 Å². The van der Waals surface area contributed by atoms with E-state index in [0.29, 0.717) is 12.0 Å². The number of ether oxygens (including phenoxy) is 7. The summed E-state index contributed by atoms with van der Waals surface area (Å²) in [5, 5.41) is 73.2. The summed E-state index contributed by atoms with van der Waals surface area (Å²) in [7, 11) is 1.22. The van der Waals surface area contributed by atoms with Crippen molar-refractivity contribution in [2.75, 3.05) is 26.9 Å². The molecule has 0 radical (unpaired) electrons. The summed E-state index contributed by atoms with van der Waals surface area (Å²) in [6.45, 7) is -1.45. The minimum atomic E-state index is -1.80. The molecule has 5 rings (SSSR count). The van der Waals surface area contributed by atoms with Crippen molar-refractivity contribution >= 4 is 18.0 Å². The predicted octanol–water partition coefficient (Wildman–Crippen LogP) is -2.14. The number of methoxy groups -OCH3 is 1. The van der Waals surface area contributed by atoms with Crippen LogP contribution in [0, 0.1) is 11.8 Å². The van der Waals surface area contributed by atoms with Crippen molar-refractivity contribution in [1.29, 1.82) is 0 Å². The SMILES string of the molecule is COC(=O)C1=CO[C@@H](O[C@@H]2O[C@H](CO[C@@H]3O[C@H](COC(=O)C=Cc4ccccc4)[C@@H](O)[C@H](O)[C@H]3O)[C@@H](O)[C@H](O)[C@H]2O)[C@@H]2C(CO)=CC[C@H]12. The maximum absolute atomic E-state index is 12.3. The number of carbonyl (C=O) groups is 2. The molecular formula is C32H40O16. The number of allylic oxidation sites excluding steroid dienone is 1. The molecule has 48 heavy (non-hydrogen) atoms. The zero-order valence-electron chi connectivity index (χ0n) is 25.8. The fourth-order valence-corrected chi connectivity index (χ4v) is 6.04. The molecule has 7 N–H and O–H groups in total. The Morgan fingerprint density at radius 2 is 1.50 bits per heavy atom. The third-order valence-electron chi connectivity index (χ3n) is 8.75. The van der Waals surface area contributed by atoms with Crippen LogP contribution in [0.25, 0.3) is 6.08 Å². The molecule has 0 spiro atoms. The average Bonchev–Trinajstić information content (AvgIpc) is 3.54. The zero-order chi connectivity index (χ0) is 34.5. The number of rotatable bonds is 11. The molecule has 1 aromatic rings. The summed E-state index contributed by atoms with van der Waals surface area (Å²) in [5.41, 5.74) is 1.49. The minimum Gasteiger partial charge on any atom is -0.471 e. The van der Waals surface area contributed by atoms with Gasteiger partial charge in [0.05, 0.1) is 38.1 Å². The number of fused-ring (bicyclic) bond motifs is 1. The second-order valence-electron chi connectivity index (χ2n) is 11.7. The normalized spacial score (nSPS) is 38.0. The van der Waals surface area contributed by atoms with Gasteiger partial charge in [0.15, 0.2) is 12.6 Å². The van der Waals surface area contributed by atoms with Gasteiger partial charge in [-0.05, 0) is 23.6 Å². The van der Waals surface area contributed by atoms with E-state index in [1.165, 1.54) is 25.5 Å². The largest absolute Gasteiger partial charge is 0.471 e. The molecule has 3 heterocycles. The van der Waals surface area contributed by atoms with Gasteiger partial charge in [0, 0.05) is 12.0 Å². The minimum absolute atomic E-state index is 0.226. The van der Waals surface area contributed by atoms with Gasteiger partial charge < -0.3 is 68.9 Å². The van der Waals surface area contributed by atoms with Crippen molar-refractivity contribution in [3.63, 3.8) is 0 Å². The van der Waals surface area contributed by atoms with E-state index in [1.807, 2.05) is 6.07 Å². The maximum Gasteiger partial charge on any atom is 0.337 e. The Labute approximate surface area is 275 Å². The summed E-state index contributed by atoms with van der Waals surface area (Å²) in [6.07, 6.45) is -11.6. The molecule has 264 valence electrons. The van der Waals surface area contributed by atoms with Crippen LogP contribution in [0.1, 0.15) is 12.0 Å². The van der Waals surface area contributed by atoms with Gasteiger partial charge in [0.2, 0.25) is 6.29 Å². The van der Waals surface area contributed by atoms with Crippen LogP contribution < -0.4 is 0 Å². The number of aliphatic hydroxyl groups excluding tert-OH is 7. The Morgan fingerprint density at radius 1 is 0.854 bits per heavy atom. The van der Waals surface area contributed by atoms with E-state index in [0.717, 1.165) is 5.56 Å². The van der Waals surface area contributed by atoms with Crippen molar-refractivity contribution in [2.24, 2.45) is 11.8 Å². The molecule has 0 bridgehead atoms. The van der Waals surface area contributed by atoms with E-state index in [9.17, 15) is 45.3 Å². The standard InChI is InChI=1S/C32H40O16/c1-42-29(41)18-12-44-30(22-16(11-33)8-9-17(18)22)48-32-28(40)26(38)24(36)20(47-32)14-45-31-27(39)25(37)23(35)19(46-31)13-43-21(34)10-7-15-5-3-2-4-6-15/h2-8,10,12,17,19-20,22-28,30-33,35-40H,9,11,13-14H2,1H3/t17-,19-,20-,22-,23-,24-,25+,26+,27-,28-,30+,31-,32+/m1/s1. The van der Waals surface area contributed by atoms with Gasteiger partial charge in [0.25, 0.3) is 0 Å². The predicted molar refractivity (Wildman–Crippen MR) is 159 cm³/mol. The van der Waals surface area contributed by atoms with Gasteiger partial charge in [-0.2, -0.15) is 0 Å². The number of hydrogen-bond acceptors (Lipinski definition) is 16. The van der Waals surface area contributed by atoms with E-state index in [-0.39, 0.29) is 12.2 Å². The van der Waals surface area contributed by atoms with Gasteiger partial charge in [-0.15, -0.1) is 0 Å². The Kier molecular flexibility index (Phi) is 12.0. The van der Waals surface area contributed by atoms with Gasteiger partial charge in [0.1, 0.15) is 55.4 Å². The van der Waals surface area contributed by atoms with Crippen LogP contribution in [0.4, 0.5) is 0 Å². The molecule has 16 nitrogen and oxygen atoms in total. The number of aliphatic hydroxyl groups is 7. The van der Waals surface area contributed by atoms with Crippen molar-refractivity contribution in [3.05, 3.63) is 65.5 Å². The van der Waals surface area contributed by atoms with Crippen LogP contribution in [-0.4, -0.2) is 142 Å². The van der Waals surface area contributed by atoms with E-state index < -0.39 is 105 Å². The first-order valence-electron chi connectivity index (χ1n) is 15.3. The molecule has 4 aliphatic rings. The molecule has 0 unspecified atom stereocenters. The van der Waals surface area contributed by atoms with E-state index >= 15 is 0 Å². The second kappa shape index (κ2) is 16.0. The first kappa shape index (κ1) is 36.0. The lowest BCUT2D eigenvalue weighted by Gasteiger charge is -2.44. The van der Waals surface area contributed by atoms with Crippen LogP contribution in [0.15, 0.2) is 59.9 Å². The van der Waals surface area contributed by atoms with Crippen LogP contribution in [0.3, 0.4) is 0 Å². The molecule has 2 fully saturated rings. The van der Waals surface area contributed by atoms with Crippen LogP contribution >= 0.6 is 0 Å². The number of carbonyl (C=O) groups excluding carboxylic acids is 2. The smallest absolute Gasteiger partial charge is 0.337 e. The van der Waals surface area contributed by atoms with Crippen molar-refractivity contribution in [3.8, 4) is 0 Å². The highest BCUT2D eigenvalue weighted by atomic mass is 16.8. The van der Waals surface area contributed by atoms with Crippen molar-refractivity contribution < 1.29 is 78.5 Å². The average molecular weight is 681 g/mol. The molecule has 1 aliphatic carbocycles. The molecule has 0 saturated carbocycles. The highest BCUT2D eigenvalue weighted by Gasteiger charge is 2.51. The Hall–Kier alpha value is -3.26. The molecule has 2 saturated heterocycles. The molecule has 3 aliphatic heterocycles. The third kappa shape index (κ3) is 7.79. The highest BCUT2D eigenvalue weighted by Crippen LogP contribution is 2.44. The highest BCUT2D eigenvalue weighted by molar-refractivity contribution is 5.89. The monoisotopic (exact) mass is 680 g/mol. The van der Waals surface area contributed by atoms with Crippen LogP contribution in [-0.2, 0) is 42.7 Å². The van der Waals surface area contributed by atoms with Gasteiger partial charge in [-0.3, -0.25) is 0 Å². The zero-order valence-corrected chi connectivity index (χ0v) is 25.8. The summed E-state index contributed by atoms with van der Waals surface area (Å²) in [5.74, 6) is -2.50. The van der Waals surface area contributed by atoms with E-state index in [1.54, 1.807) is 30.3 Å². The molecule has 16 heteroatoms. The Bertz CT molecular complexity index is 1350. The Balaban J connectivity index is 1.20. The molecule has 1 aromatic carbocycles. The number of esters is 2. The lowest BCUT2D eigenvalue weighted by Crippen LogP contribution is -2.62. The van der Waals surface area contributed by atoms with Crippen LogP contribution in [0.5, 0.6) is 0 Å². The summed E-state index contributed by atoms with van der Waals surface area (Å²) < 4.78 is 38.4. The Morgan fingerprint density at radius 3 is 2.17 bits per heavy atom. The second-order valence-corrected chi connectivity index (χ2v) is 11.7. The summed E-state index contributed by atoms with van der Waals surface area (Å²) >= 11 is 0. The van der Waals surface area contributed by atoms with Gasteiger partial charge >= 0.3 is 11.9 Å². The van der Waals surface area contributed by atoms with Crippen molar-refractivity contribution in [1.82, 2.24) is 0 Å². The fraction of sp³-hybridized carbons (Fsp3) is 0.562. The first-order chi connectivity index (χ1) is 23.0. The summed E-state index contributed by atoms with van der Waals surface area (Å²) in [4.78, 5) is 24.5. The lowest BCUT2D eigenvalue weighted by molar-refractivity contribution is -0.352. The maximum atomic E-state index is 12.3. The van der Waals surface area contributed by atoms with Crippen molar-refractivity contribution in [2.45, 2.75) is 74.1 Å². The van der Waals surface area contributed by atoms with E-state index in [4.69, 9.17) is 33.2 Å². The number of hydrogen-bond donors (Lipinski definition) is 7. The number of benzene rings is 1. The molecule has 0 amide bonds. The quantitative estimate of drug-likeness (QED) is 0.0750. The molecule has 0 aromatic heterocycles. The van der Waals surface area contributed by atoms with Gasteiger partial charge in [-0.25, -0.2) is 9.59 Å². The molecule has 13 atom stereocenters. The third-order valence-corrected chi connectivity index (χ3v) is 8.75. The van der Waals surface area contributed by atoms with E-state index in [2.05, 4.69) is 0 Å². The first-order valence-corrected chi connectivity index (χ1v) is 15.3. The van der Waals surface area contributed by atoms with Crippen LogP contribution in [0.2, 0.25) is 0 Å². The summed E-state index contributed by atoms with van der Waals surface area (Å²) in [6, 6.07) is 8.95. The topological polar surface area (TPSA) is 240 Å². The molecular weight excluding hydrogens is 640 g/mol.